The molecule has 0 aliphatic heterocycles. The first-order valence-electron chi connectivity index (χ1n) is 4.94. The van der Waals surface area contributed by atoms with Crippen LogP contribution in [0.4, 0.5) is 10.1 Å². The van der Waals surface area contributed by atoms with Gasteiger partial charge in [-0.3, -0.25) is 4.79 Å². The molecule has 1 aromatic rings. The lowest BCUT2D eigenvalue weighted by Gasteiger charge is -2.18. The van der Waals surface area contributed by atoms with Crippen molar-refractivity contribution in [1.29, 1.82) is 0 Å². The van der Waals surface area contributed by atoms with Crippen molar-refractivity contribution in [3.8, 4) is 0 Å². The Morgan fingerprint density at radius 1 is 1.40 bits per heavy atom. The van der Waals surface area contributed by atoms with E-state index in [1.54, 1.807) is 4.90 Å². The fourth-order valence-electron chi connectivity index (χ4n) is 1.39. The summed E-state index contributed by atoms with van der Waals surface area (Å²) >= 11 is 0. The molecule has 0 aliphatic rings. The SMILES string of the molecule is CCN(CC)C(=O)c1cc(N)ccc1F. The number of carbonyl (C=O) groups is 1. The van der Waals surface area contributed by atoms with Crippen LogP contribution in [0.25, 0.3) is 0 Å². The van der Waals surface area contributed by atoms with Crippen LogP contribution in [0.3, 0.4) is 0 Å². The number of halogens is 1. The molecule has 3 nitrogen and oxygen atoms in total. The second kappa shape index (κ2) is 4.77. The summed E-state index contributed by atoms with van der Waals surface area (Å²) in [6.45, 7) is 4.82. The summed E-state index contributed by atoms with van der Waals surface area (Å²) in [5, 5.41) is 0. The molecule has 0 spiro atoms. The Hall–Kier alpha value is -1.58. The lowest BCUT2D eigenvalue weighted by molar-refractivity contribution is 0.0768. The molecule has 4 heteroatoms. The van der Waals surface area contributed by atoms with E-state index in [9.17, 15) is 9.18 Å². The largest absolute Gasteiger partial charge is 0.399 e. The van der Waals surface area contributed by atoms with Crippen molar-refractivity contribution in [3.63, 3.8) is 0 Å². The summed E-state index contributed by atoms with van der Waals surface area (Å²) in [7, 11) is 0. The molecule has 1 amide bonds. The molecule has 0 aromatic heterocycles. The van der Waals surface area contributed by atoms with Crippen molar-refractivity contribution in [1.82, 2.24) is 4.90 Å². The molecule has 1 aromatic carbocycles. The van der Waals surface area contributed by atoms with Crippen LogP contribution in [-0.2, 0) is 0 Å². The third-order valence-corrected chi connectivity index (χ3v) is 2.27. The third-order valence-electron chi connectivity index (χ3n) is 2.27. The Bertz CT molecular complexity index is 362. The van der Waals surface area contributed by atoms with Crippen molar-refractivity contribution in [2.24, 2.45) is 0 Å². The van der Waals surface area contributed by atoms with Crippen LogP contribution < -0.4 is 5.73 Å². The van der Waals surface area contributed by atoms with Crippen LogP contribution in [0.15, 0.2) is 18.2 Å². The van der Waals surface area contributed by atoms with Gasteiger partial charge in [-0.2, -0.15) is 0 Å². The fourth-order valence-corrected chi connectivity index (χ4v) is 1.39. The van der Waals surface area contributed by atoms with E-state index in [4.69, 9.17) is 5.73 Å². The van der Waals surface area contributed by atoms with Gasteiger partial charge in [0.1, 0.15) is 5.82 Å². The van der Waals surface area contributed by atoms with Crippen molar-refractivity contribution in [2.75, 3.05) is 18.8 Å². The molecule has 0 bridgehead atoms. The number of hydrogen-bond donors (Lipinski definition) is 1. The van der Waals surface area contributed by atoms with Crippen molar-refractivity contribution in [2.45, 2.75) is 13.8 Å². The van der Waals surface area contributed by atoms with Crippen LogP contribution in [0.1, 0.15) is 24.2 Å². The van der Waals surface area contributed by atoms with Gasteiger partial charge in [-0.25, -0.2) is 4.39 Å². The fraction of sp³-hybridized carbons (Fsp3) is 0.364. The van der Waals surface area contributed by atoms with Gasteiger partial charge in [-0.15, -0.1) is 0 Å². The first-order chi connectivity index (χ1) is 7.10. The number of anilines is 1. The molecule has 0 heterocycles. The van der Waals surface area contributed by atoms with E-state index in [2.05, 4.69) is 0 Å². The Kier molecular flexibility index (Phi) is 3.66. The average Bonchev–Trinajstić information content (AvgIpc) is 2.23. The van der Waals surface area contributed by atoms with E-state index in [0.717, 1.165) is 0 Å². The van der Waals surface area contributed by atoms with E-state index in [1.165, 1.54) is 18.2 Å². The number of hydrogen-bond acceptors (Lipinski definition) is 2. The Balaban J connectivity index is 3.04. The van der Waals surface area contributed by atoms with Gasteiger partial charge in [-0.05, 0) is 32.0 Å². The van der Waals surface area contributed by atoms with Crippen molar-refractivity contribution in [3.05, 3.63) is 29.6 Å². The highest BCUT2D eigenvalue weighted by atomic mass is 19.1. The molecule has 0 aliphatic carbocycles. The lowest BCUT2D eigenvalue weighted by Crippen LogP contribution is -2.31. The molecular weight excluding hydrogens is 195 g/mol. The second-order valence-corrected chi connectivity index (χ2v) is 3.22. The molecule has 0 atom stereocenters. The topological polar surface area (TPSA) is 46.3 Å². The van der Waals surface area contributed by atoms with Gasteiger partial charge in [0, 0.05) is 18.8 Å². The van der Waals surface area contributed by atoms with Crippen LogP contribution in [0.5, 0.6) is 0 Å². The summed E-state index contributed by atoms with van der Waals surface area (Å²) in [6, 6.07) is 4.02. The quantitative estimate of drug-likeness (QED) is 0.774. The Morgan fingerprint density at radius 3 is 2.53 bits per heavy atom. The highest BCUT2D eigenvalue weighted by molar-refractivity contribution is 5.95. The number of benzene rings is 1. The predicted molar refractivity (Wildman–Crippen MR) is 58.1 cm³/mol. The summed E-state index contributed by atoms with van der Waals surface area (Å²) in [4.78, 5) is 13.4. The van der Waals surface area contributed by atoms with Crippen molar-refractivity contribution >= 4 is 11.6 Å². The maximum absolute atomic E-state index is 13.3. The number of nitrogen functional groups attached to an aromatic ring is 1. The third kappa shape index (κ3) is 2.46. The molecule has 0 saturated carbocycles. The monoisotopic (exact) mass is 210 g/mol. The zero-order valence-corrected chi connectivity index (χ0v) is 8.96. The van der Waals surface area contributed by atoms with E-state index in [-0.39, 0.29) is 11.5 Å². The van der Waals surface area contributed by atoms with E-state index in [1.807, 2.05) is 13.8 Å². The highest BCUT2D eigenvalue weighted by Gasteiger charge is 2.16. The molecule has 0 saturated heterocycles. The zero-order valence-electron chi connectivity index (χ0n) is 8.96. The summed E-state index contributed by atoms with van der Waals surface area (Å²) in [6.07, 6.45) is 0. The highest BCUT2D eigenvalue weighted by Crippen LogP contribution is 2.14. The first kappa shape index (κ1) is 11.5. The van der Waals surface area contributed by atoms with Gasteiger partial charge in [0.15, 0.2) is 0 Å². The first-order valence-corrected chi connectivity index (χ1v) is 4.94. The molecule has 0 radical (unpaired) electrons. The number of nitrogens with zero attached hydrogens (tertiary/aromatic N) is 1. The zero-order chi connectivity index (χ0) is 11.4. The number of nitrogens with two attached hydrogens (primary N) is 1. The minimum absolute atomic E-state index is 0.0405. The van der Waals surface area contributed by atoms with Gasteiger partial charge in [0.2, 0.25) is 0 Å². The predicted octanol–water partition coefficient (Wildman–Crippen LogP) is 1.89. The van der Waals surface area contributed by atoms with E-state index in [0.29, 0.717) is 18.8 Å². The summed E-state index contributed by atoms with van der Waals surface area (Å²) in [5.41, 5.74) is 5.95. The smallest absolute Gasteiger partial charge is 0.256 e. The molecule has 82 valence electrons. The van der Waals surface area contributed by atoms with E-state index < -0.39 is 5.82 Å². The summed E-state index contributed by atoms with van der Waals surface area (Å²) < 4.78 is 13.3. The van der Waals surface area contributed by atoms with Gasteiger partial charge in [-0.1, -0.05) is 0 Å². The lowest BCUT2D eigenvalue weighted by atomic mass is 10.1. The Labute approximate surface area is 88.7 Å². The van der Waals surface area contributed by atoms with Gasteiger partial charge < -0.3 is 10.6 Å². The average molecular weight is 210 g/mol. The van der Waals surface area contributed by atoms with Crippen LogP contribution in [-0.4, -0.2) is 23.9 Å². The summed E-state index contributed by atoms with van der Waals surface area (Å²) in [5.74, 6) is -0.842. The number of rotatable bonds is 3. The normalized spacial score (nSPS) is 10.1. The number of amides is 1. The van der Waals surface area contributed by atoms with Crippen LogP contribution in [0, 0.1) is 5.82 Å². The van der Waals surface area contributed by atoms with Gasteiger partial charge in [0.25, 0.3) is 5.91 Å². The molecule has 2 N–H and O–H groups in total. The van der Waals surface area contributed by atoms with Gasteiger partial charge in [0.05, 0.1) is 5.56 Å². The minimum atomic E-state index is -0.527. The number of carbonyl (C=O) groups excluding carboxylic acids is 1. The van der Waals surface area contributed by atoms with Gasteiger partial charge >= 0.3 is 0 Å². The molecular formula is C11H15FN2O. The molecule has 0 fully saturated rings. The van der Waals surface area contributed by atoms with Crippen LogP contribution >= 0.6 is 0 Å². The van der Waals surface area contributed by atoms with Crippen molar-refractivity contribution < 1.29 is 9.18 Å². The molecule has 0 unspecified atom stereocenters. The molecule has 15 heavy (non-hydrogen) atoms. The maximum Gasteiger partial charge on any atom is 0.256 e. The molecule has 1 rings (SSSR count). The maximum atomic E-state index is 13.3. The van der Waals surface area contributed by atoms with E-state index >= 15 is 0 Å². The standard InChI is InChI=1S/C11H15FN2O/c1-3-14(4-2)11(15)9-7-8(13)5-6-10(9)12/h5-7H,3-4,13H2,1-2H3. The minimum Gasteiger partial charge on any atom is -0.399 e. The Morgan fingerprint density at radius 2 is 2.00 bits per heavy atom. The second-order valence-electron chi connectivity index (χ2n) is 3.22. The van der Waals surface area contributed by atoms with Crippen LogP contribution in [0.2, 0.25) is 0 Å².